The third-order valence-corrected chi connectivity index (χ3v) is 7.65. The highest BCUT2D eigenvalue weighted by molar-refractivity contribution is 7.92. The molecule has 0 spiro atoms. The summed E-state index contributed by atoms with van der Waals surface area (Å²) in [5.74, 6) is -1.59. The first-order valence-electron chi connectivity index (χ1n) is 8.99. The number of nitriles is 1. The largest absolute Gasteiger partial charge is 0.465 e. The summed E-state index contributed by atoms with van der Waals surface area (Å²) in [6, 6.07) is 15.0. The lowest BCUT2D eigenvalue weighted by molar-refractivity contribution is -0.147. The van der Waals surface area contributed by atoms with E-state index in [0.29, 0.717) is 10.6 Å². The molecule has 1 fully saturated rings. The number of esters is 1. The van der Waals surface area contributed by atoms with E-state index < -0.39 is 32.4 Å². The molecule has 3 rings (SSSR count). The normalized spacial score (nSPS) is 23.6. The molecule has 1 saturated carbocycles. The number of carbonyl (C=O) groups is 1. The van der Waals surface area contributed by atoms with Gasteiger partial charge in [0.25, 0.3) is 0 Å². The molecule has 0 radical (unpaired) electrons. The van der Waals surface area contributed by atoms with Crippen molar-refractivity contribution in [3.63, 3.8) is 0 Å². The molecule has 0 saturated heterocycles. The van der Waals surface area contributed by atoms with Gasteiger partial charge in [-0.1, -0.05) is 42.8 Å². The highest BCUT2D eigenvalue weighted by Crippen LogP contribution is 2.64. The molecule has 2 aromatic rings. The van der Waals surface area contributed by atoms with Crippen LogP contribution >= 0.6 is 11.6 Å². The Bertz CT molecular complexity index is 1030. The van der Waals surface area contributed by atoms with Gasteiger partial charge in [0, 0.05) is 10.9 Å². The Labute approximate surface area is 169 Å². The number of aryl methyl sites for hydroxylation is 1. The van der Waals surface area contributed by atoms with Gasteiger partial charge in [0.1, 0.15) is 5.25 Å². The third kappa shape index (κ3) is 3.19. The molecule has 5 nitrogen and oxygen atoms in total. The number of carbonyl (C=O) groups excluding carboxylic acids is 1. The predicted molar refractivity (Wildman–Crippen MR) is 106 cm³/mol. The van der Waals surface area contributed by atoms with Gasteiger partial charge in [-0.3, -0.25) is 4.79 Å². The first-order chi connectivity index (χ1) is 13.3. The summed E-state index contributed by atoms with van der Waals surface area (Å²) < 4.78 is 31.7. The van der Waals surface area contributed by atoms with E-state index in [1.54, 1.807) is 19.1 Å². The minimum Gasteiger partial charge on any atom is -0.465 e. The molecular weight excluding hydrogens is 398 g/mol. The van der Waals surface area contributed by atoms with Gasteiger partial charge in [0.15, 0.2) is 15.3 Å². The van der Waals surface area contributed by atoms with Gasteiger partial charge in [0.05, 0.1) is 17.6 Å². The van der Waals surface area contributed by atoms with Crippen LogP contribution in [0.3, 0.4) is 0 Å². The van der Waals surface area contributed by atoms with Crippen molar-refractivity contribution in [3.05, 3.63) is 64.7 Å². The van der Waals surface area contributed by atoms with Crippen LogP contribution in [0.15, 0.2) is 53.4 Å². The van der Waals surface area contributed by atoms with Crippen molar-refractivity contribution >= 4 is 27.4 Å². The second kappa shape index (κ2) is 7.57. The Morgan fingerprint density at radius 2 is 1.75 bits per heavy atom. The van der Waals surface area contributed by atoms with E-state index in [2.05, 4.69) is 0 Å². The maximum absolute atomic E-state index is 13.3. The summed E-state index contributed by atoms with van der Waals surface area (Å²) in [4.78, 5) is 12.7. The van der Waals surface area contributed by atoms with Crippen LogP contribution in [0.25, 0.3) is 0 Å². The van der Waals surface area contributed by atoms with Crippen molar-refractivity contribution in [2.24, 2.45) is 5.41 Å². The van der Waals surface area contributed by atoms with Crippen LogP contribution in [0.2, 0.25) is 5.02 Å². The molecule has 0 N–H and O–H groups in total. The van der Waals surface area contributed by atoms with Gasteiger partial charge in [0.2, 0.25) is 0 Å². The van der Waals surface area contributed by atoms with Gasteiger partial charge < -0.3 is 4.74 Å². The number of benzene rings is 2. The van der Waals surface area contributed by atoms with E-state index in [0.717, 1.165) is 12.0 Å². The molecular formula is C21H20ClNO4S. The molecule has 0 aliphatic heterocycles. The fourth-order valence-corrected chi connectivity index (χ4v) is 5.99. The summed E-state index contributed by atoms with van der Waals surface area (Å²) in [7, 11) is -3.96. The van der Waals surface area contributed by atoms with Crippen molar-refractivity contribution in [3.8, 4) is 6.07 Å². The van der Waals surface area contributed by atoms with Crippen molar-refractivity contribution in [2.45, 2.75) is 36.3 Å². The van der Waals surface area contributed by atoms with Crippen LogP contribution in [-0.4, -0.2) is 26.2 Å². The third-order valence-electron chi connectivity index (χ3n) is 5.15. The number of rotatable bonds is 6. The minimum absolute atomic E-state index is 0.0264. The van der Waals surface area contributed by atoms with E-state index in [1.807, 2.05) is 25.1 Å². The molecule has 1 aliphatic rings. The minimum atomic E-state index is -3.96. The summed E-state index contributed by atoms with van der Waals surface area (Å²) in [6.45, 7) is 3.70. The Morgan fingerprint density at radius 1 is 1.14 bits per heavy atom. The van der Waals surface area contributed by atoms with Crippen LogP contribution < -0.4 is 0 Å². The Hall–Kier alpha value is -2.36. The maximum Gasteiger partial charge on any atom is 0.328 e. The van der Waals surface area contributed by atoms with Gasteiger partial charge in [-0.05, 0) is 48.7 Å². The first kappa shape index (κ1) is 20.4. The summed E-state index contributed by atoms with van der Waals surface area (Å²) in [5, 5.41) is 9.07. The van der Waals surface area contributed by atoms with Gasteiger partial charge in [-0.25, -0.2) is 8.42 Å². The molecule has 2 aromatic carbocycles. The fraction of sp³-hybridized carbons (Fsp3) is 0.333. The van der Waals surface area contributed by atoms with E-state index in [-0.39, 0.29) is 11.5 Å². The lowest BCUT2D eigenvalue weighted by Crippen LogP contribution is -2.25. The first-order valence-corrected chi connectivity index (χ1v) is 10.9. The van der Waals surface area contributed by atoms with Crippen LogP contribution in [0.4, 0.5) is 0 Å². The molecule has 0 aromatic heterocycles. The second-order valence-corrected chi connectivity index (χ2v) is 9.20. The monoisotopic (exact) mass is 417 g/mol. The Kier molecular flexibility index (Phi) is 5.51. The molecule has 7 heteroatoms. The average molecular weight is 418 g/mol. The van der Waals surface area contributed by atoms with Crippen molar-refractivity contribution < 1.29 is 17.9 Å². The van der Waals surface area contributed by atoms with Gasteiger partial charge in [-0.15, -0.1) is 0 Å². The smallest absolute Gasteiger partial charge is 0.328 e. The summed E-state index contributed by atoms with van der Waals surface area (Å²) in [6.07, 6.45) is 0.832. The van der Waals surface area contributed by atoms with Crippen LogP contribution in [0, 0.1) is 16.7 Å². The predicted octanol–water partition coefficient (Wildman–Crippen LogP) is 3.92. The summed E-state index contributed by atoms with van der Waals surface area (Å²) >= 11 is 5.86. The van der Waals surface area contributed by atoms with Crippen LogP contribution in [0.1, 0.15) is 30.9 Å². The molecule has 0 bridgehead atoms. The lowest BCUT2D eigenvalue weighted by atomic mass is 9.99. The molecule has 146 valence electrons. The molecule has 1 aliphatic carbocycles. The molecule has 3 unspecified atom stereocenters. The highest BCUT2D eigenvalue weighted by atomic mass is 35.5. The van der Waals surface area contributed by atoms with Crippen molar-refractivity contribution in [2.75, 3.05) is 6.61 Å². The topological polar surface area (TPSA) is 84.2 Å². The zero-order chi connectivity index (χ0) is 20.5. The average Bonchev–Trinajstić information content (AvgIpc) is 3.40. The zero-order valence-corrected chi connectivity index (χ0v) is 17.1. The second-order valence-electron chi connectivity index (χ2n) is 6.69. The Balaban J connectivity index is 2.11. The van der Waals surface area contributed by atoms with Crippen LogP contribution in [-0.2, 0) is 25.8 Å². The van der Waals surface area contributed by atoms with E-state index >= 15 is 0 Å². The quantitative estimate of drug-likeness (QED) is 0.665. The van der Waals surface area contributed by atoms with E-state index in [1.165, 1.54) is 24.3 Å². The maximum atomic E-state index is 13.3. The Morgan fingerprint density at radius 3 is 2.25 bits per heavy atom. The van der Waals surface area contributed by atoms with Gasteiger partial charge >= 0.3 is 5.97 Å². The fourth-order valence-electron chi connectivity index (χ4n) is 3.62. The number of halogens is 1. The van der Waals surface area contributed by atoms with E-state index in [4.69, 9.17) is 16.3 Å². The number of sulfone groups is 1. The molecule has 28 heavy (non-hydrogen) atoms. The van der Waals surface area contributed by atoms with Gasteiger partial charge in [-0.2, -0.15) is 5.26 Å². The highest BCUT2D eigenvalue weighted by Gasteiger charge is 2.77. The number of hydrogen-bond acceptors (Lipinski definition) is 5. The molecule has 0 heterocycles. The van der Waals surface area contributed by atoms with Crippen LogP contribution in [0.5, 0.6) is 0 Å². The zero-order valence-electron chi connectivity index (χ0n) is 15.6. The number of nitrogens with zero attached hydrogens (tertiary/aromatic N) is 1. The number of ether oxygens (including phenoxy) is 1. The van der Waals surface area contributed by atoms with Crippen molar-refractivity contribution in [1.29, 1.82) is 5.26 Å². The molecule has 3 atom stereocenters. The number of hydrogen-bond donors (Lipinski definition) is 0. The summed E-state index contributed by atoms with van der Waals surface area (Å²) in [5.41, 5.74) is -0.0445. The molecule has 0 amide bonds. The standard InChI is InChI=1S/C21H20ClNO4S/c1-3-14-5-7-15(8-6-14)18-19(21(18,13-23)20(24)27-4-2)28(25,26)17-11-9-16(22)10-12-17/h5-12,18-19H,3-4H2,1-2H3. The lowest BCUT2D eigenvalue weighted by Gasteiger charge is -2.09. The van der Waals surface area contributed by atoms with Crippen molar-refractivity contribution in [1.82, 2.24) is 0 Å². The SMILES string of the molecule is CCOC(=O)C1(C#N)C(c2ccc(CC)cc2)C1S(=O)(=O)c1ccc(Cl)cc1. The van der Waals surface area contributed by atoms with E-state index in [9.17, 15) is 18.5 Å².